The highest BCUT2D eigenvalue weighted by Gasteiger charge is 2.19. The normalized spacial score (nSPS) is 14.2. The van der Waals surface area contributed by atoms with Crippen LogP contribution in [0.3, 0.4) is 0 Å². The van der Waals surface area contributed by atoms with Crippen molar-refractivity contribution in [3.63, 3.8) is 0 Å². The zero-order chi connectivity index (χ0) is 11.5. The van der Waals surface area contributed by atoms with E-state index in [1.807, 2.05) is 0 Å². The van der Waals surface area contributed by atoms with E-state index in [1.165, 1.54) is 16.8 Å². The number of hydrogen-bond donors (Lipinski definition) is 2. The topological polar surface area (TPSA) is 49.5 Å². The lowest BCUT2D eigenvalue weighted by molar-refractivity contribution is 0.285. The van der Waals surface area contributed by atoms with Gasteiger partial charge in [-0.1, -0.05) is 6.07 Å². The van der Waals surface area contributed by atoms with Crippen LogP contribution in [0.25, 0.3) is 0 Å². The van der Waals surface area contributed by atoms with Gasteiger partial charge in [-0.25, -0.2) is 0 Å². The molecule has 1 aromatic carbocycles. The minimum atomic E-state index is 0.288. The van der Waals surface area contributed by atoms with Crippen molar-refractivity contribution in [2.75, 3.05) is 30.3 Å². The Balaban J connectivity index is 2.10. The molecule has 0 unspecified atom stereocenters. The van der Waals surface area contributed by atoms with Gasteiger partial charge in [-0.3, -0.25) is 0 Å². The first-order valence-electron chi connectivity index (χ1n) is 5.97. The van der Waals surface area contributed by atoms with Gasteiger partial charge in [0.15, 0.2) is 0 Å². The van der Waals surface area contributed by atoms with Gasteiger partial charge in [-0.15, -0.1) is 0 Å². The average Bonchev–Trinajstić information content (AvgIpc) is 2.63. The molecular weight excluding hydrogens is 200 g/mol. The molecule has 0 bridgehead atoms. The maximum atomic E-state index is 8.78. The van der Waals surface area contributed by atoms with Gasteiger partial charge in [-0.05, 0) is 43.4 Å². The van der Waals surface area contributed by atoms with E-state index in [9.17, 15) is 0 Å². The number of unbranched alkanes of at least 4 members (excludes halogenated alkanes) is 1. The molecule has 0 saturated heterocycles. The van der Waals surface area contributed by atoms with Crippen molar-refractivity contribution >= 4 is 11.4 Å². The van der Waals surface area contributed by atoms with Crippen molar-refractivity contribution < 1.29 is 5.11 Å². The Labute approximate surface area is 96.9 Å². The smallest absolute Gasteiger partial charge is 0.0431 e. The highest BCUT2D eigenvalue weighted by molar-refractivity contribution is 5.67. The number of benzene rings is 1. The van der Waals surface area contributed by atoms with Gasteiger partial charge in [0.1, 0.15) is 0 Å². The van der Waals surface area contributed by atoms with Crippen LogP contribution in [-0.2, 0) is 6.42 Å². The average molecular weight is 220 g/mol. The molecule has 0 atom stereocenters. The SMILES string of the molecule is Cc1cc2c(cc1N)N(CCCCO)CC2. The molecule has 0 radical (unpaired) electrons. The van der Waals surface area contributed by atoms with Crippen molar-refractivity contribution in [1.82, 2.24) is 0 Å². The van der Waals surface area contributed by atoms with E-state index in [-0.39, 0.29) is 6.61 Å². The van der Waals surface area contributed by atoms with Gasteiger partial charge in [0.05, 0.1) is 0 Å². The van der Waals surface area contributed by atoms with Crippen LogP contribution < -0.4 is 10.6 Å². The summed E-state index contributed by atoms with van der Waals surface area (Å²) >= 11 is 0. The molecule has 88 valence electrons. The second-order valence-electron chi connectivity index (χ2n) is 4.51. The zero-order valence-corrected chi connectivity index (χ0v) is 9.87. The summed E-state index contributed by atoms with van der Waals surface area (Å²) < 4.78 is 0. The Bertz CT molecular complexity index is 376. The fourth-order valence-electron chi connectivity index (χ4n) is 2.29. The molecule has 0 aromatic heterocycles. The second kappa shape index (κ2) is 4.74. The molecule has 1 aromatic rings. The van der Waals surface area contributed by atoms with Crippen LogP contribution in [0.4, 0.5) is 11.4 Å². The molecule has 16 heavy (non-hydrogen) atoms. The number of aryl methyl sites for hydroxylation is 1. The van der Waals surface area contributed by atoms with E-state index in [4.69, 9.17) is 10.8 Å². The predicted octanol–water partition coefficient (Wildman–Crippen LogP) is 1.71. The summed E-state index contributed by atoms with van der Waals surface area (Å²) in [5.74, 6) is 0. The third kappa shape index (κ3) is 2.14. The van der Waals surface area contributed by atoms with Gasteiger partial charge >= 0.3 is 0 Å². The number of rotatable bonds is 4. The van der Waals surface area contributed by atoms with Crippen molar-refractivity contribution in [2.24, 2.45) is 0 Å². The number of nitrogen functional groups attached to an aromatic ring is 1. The molecule has 1 heterocycles. The van der Waals surface area contributed by atoms with Gasteiger partial charge < -0.3 is 15.7 Å². The lowest BCUT2D eigenvalue weighted by Gasteiger charge is -2.19. The molecule has 3 nitrogen and oxygen atoms in total. The molecule has 0 spiro atoms. The first kappa shape index (κ1) is 11.3. The van der Waals surface area contributed by atoms with Crippen LogP contribution >= 0.6 is 0 Å². The van der Waals surface area contributed by atoms with Gasteiger partial charge in [0, 0.05) is 31.1 Å². The van der Waals surface area contributed by atoms with E-state index in [0.29, 0.717) is 0 Å². The molecule has 0 aliphatic carbocycles. The minimum Gasteiger partial charge on any atom is -0.398 e. The van der Waals surface area contributed by atoms with Crippen molar-refractivity contribution in [3.8, 4) is 0 Å². The molecule has 3 N–H and O–H groups in total. The van der Waals surface area contributed by atoms with Crippen LogP contribution in [0.5, 0.6) is 0 Å². The Morgan fingerprint density at radius 3 is 2.94 bits per heavy atom. The summed E-state index contributed by atoms with van der Waals surface area (Å²) in [4.78, 5) is 2.38. The van der Waals surface area contributed by atoms with Crippen LogP contribution in [0, 0.1) is 6.92 Å². The lowest BCUT2D eigenvalue weighted by Crippen LogP contribution is -2.21. The zero-order valence-electron chi connectivity index (χ0n) is 9.87. The summed E-state index contributed by atoms with van der Waals surface area (Å²) in [5, 5.41) is 8.78. The Morgan fingerprint density at radius 2 is 2.19 bits per heavy atom. The molecule has 0 amide bonds. The summed E-state index contributed by atoms with van der Waals surface area (Å²) in [6, 6.07) is 4.30. The number of aliphatic hydroxyl groups is 1. The Hall–Kier alpha value is -1.22. The Kier molecular flexibility index (Phi) is 3.34. The summed E-state index contributed by atoms with van der Waals surface area (Å²) in [6.45, 7) is 4.46. The molecule has 1 aliphatic heterocycles. The first-order valence-corrected chi connectivity index (χ1v) is 5.97. The monoisotopic (exact) mass is 220 g/mol. The summed E-state index contributed by atoms with van der Waals surface area (Å²) in [5.41, 5.74) is 10.7. The van der Waals surface area contributed by atoms with E-state index >= 15 is 0 Å². The van der Waals surface area contributed by atoms with Crippen molar-refractivity contribution in [2.45, 2.75) is 26.2 Å². The largest absolute Gasteiger partial charge is 0.398 e. The summed E-state index contributed by atoms with van der Waals surface area (Å²) in [6.07, 6.45) is 3.05. The Morgan fingerprint density at radius 1 is 1.38 bits per heavy atom. The standard InChI is InChI=1S/C13H20N2O/c1-10-8-11-4-6-15(5-2-3-7-16)13(11)9-12(10)14/h8-9,16H,2-7,14H2,1H3. The predicted molar refractivity (Wildman–Crippen MR) is 67.8 cm³/mol. The van der Waals surface area contributed by atoms with Crippen molar-refractivity contribution in [1.29, 1.82) is 0 Å². The fraction of sp³-hybridized carbons (Fsp3) is 0.538. The van der Waals surface area contributed by atoms with Crippen molar-refractivity contribution in [3.05, 3.63) is 23.3 Å². The molecule has 2 rings (SSSR count). The van der Waals surface area contributed by atoms with E-state index in [1.54, 1.807) is 0 Å². The fourth-order valence-corrected chi connectivity index (χ4v) is 2.29. The van der Waals surface area contributed by atoms with E-state index in [0.717, 1.165) is 38.0 Å². The number of nitrogens with zero attached hydrogens (tertiary/aromatic N) is 1. The molecular formula is C13H20N2O. The number of hydrogen-bond acceptors (Lipinski definition) is 3. The van der Waals surface area contributed by atoms with Crippen LogP contribution in [0.2, 0.25) is 0 Å². The quantitative estimate of drug-likeness (QED) is 0.600. The minimum absolute atomic E-state index is 0.288. The van der Waals surface area contributed by atoms with Crippen LogP contribution in [0.15, 0.2) is 12.1 Å². The van der Waals surface area contributed by atoms with Gasteiger partial charge in [0.25, 0.3) is 0 Å². The molecule has 3 heteroatoms. The third-order valence-electron chi connectivity index (χ3n) is 3.30. The third-order valence-corrected chi connectivity index (χ3v) is 3.30. The van der Waals surface area contributed by atoms with E-state index in [2.05, 4.69) is 24.0 Å². The molecule has 1 aliphatic rings. The first-order chi connectivity index (χ1) is 7.72. The summed E-state index contributed by atoms with van der Waals surface area (Å²) in [7, 11) is 0. The maximum Gasteiger partial charge on any atom is 0.0431 e. The lowest BCUT2D eigenvalue weighted by atomic mass is 10.1. The maximum absolute atomic E-state index is 8.78. The molecule has 0 fully saturated rings. The number of nitrogens with two attached hydrogens (primary N) is 1. The second-order valence-corrected chi connectivity index (χ2v) is 4.51. The van der Waals surface area contributed by atoms with E-state index < -0.39 is 0 Å². The van der Waals surface area contributed by atoms with Gasteiger partial charge in [-0.2, -0.15) is 0 Å². The highest BCUT2D eigenvalue weighted by Crippen LogP contribution is 2.31. The molecule has 0 saturated carbocycles. The van der Waals surface area contributed by atoms with Crippen LogP contribution in [0.1, 0.15) is 24.0 Å². The van der Waals surface area contributed by atoms with Gasteiger partial charge in [0.2, 0.25) is 0 Å². The number of aliphatic hydroxyl groups excluding tert-OH is 1. The number of fused-ring (bicyclic) bond motifs is 1. The highest BCUT2D eigenvalue weighted by atomic mass is 16.2. The van der Waals surface area contributed by atoms with Crippen LogP contribution in [-0.4, -0.2) is 24.8 Å². The number of anilines is 2.